The second kappa shape index (κ2) is 14.5. The van der Waals surface area contributed by atoms with Crippen molar-refractivity contribution < 1.29 is 0 Å². The molecule has 0 spiro atoms. The molecule has 0 bridgehead atoms. The maximum Gasteiger partial charge on any atom is 0.160 e. The highest BCUT2D eigenvalue weighted by Gasteiger charge is 2.18. The van der Waals surface area contributed by atoms with Gasteiger partial charge in [0.05, 0.1) is 11.4 Å². The third-order valence-corrected chi connectivity index (χ3v) is 13.3. The van der Waals surface area contributed by atoms with Crippen molar-refractivity contribution in [2.45, 2.75) is 0 Å². The van der Waals surface area contributed by atoms with Gasteiger partial charge in [-0.25, -0.2) is 9.97 Å². The minimum Gasteiger partial charge on any atom is -0.228 e. The summed E-state index contributed by atoms with van der Waals surface area (Å²) >= 11 is 1.85. The van der Waals surface area contributed by atoms with Crippen LogP contribution in [0.1, 0.15) is 0 Å². The van der Waals surface area contributed by atoms with E-state index < -0.39 is 0 Å². The zero-order valence-corrected chi connectivity index (χ0v) is 33.9. The Balaban J connectivity index is 1.02. The van der Waals surface area contributed by atoms with Crippen molar-refractivity contribution >= 4 is 63.8 Å². The highest BCUT2D eigenvalue weighted by Crippen LogP contribution is 2.44. The Morgan fingerprint density at radius 3 is 1.72 bits per heavy atom. The van der Waals surface area contributed by atoms with Crippen LogP contribution >= 0.6 is 11.3 Å². The van der Waals surface area contributed by atoms with Crippen molar-refractivity contribution in [3.05, 3.63) is 218 Å². The molecule has 12 rings (SSSR count). The monoisotopic (exact) mass is 792 g/mol. The van der Waals surface area contributed by atoms with E-state index in [2.05, 4.69) is 218 Å². The molecule has 0 N–H and O–H groups in total. The summed E-state index contributed by atoms with van der Waals surface area (Å²) in [4.78, 5) is 10.7. The third kappa shape index (κ3) is 6.09. The first-order chi connectivity index (χ1) is 30.2. The molecule has 0 fully saturated rings. The Morgan fingerprint density at radius 2 is 0.885 bits per heavy atom. The lowest BCUT2D eigenvalue weighted by Crippen LogP contribution is -1.97. The maximum absolute atomic E-state index is 5.36. The molecule has 2 nitrogen and oxygen atoms in total. The summed E-state index contributed by atoms with van der Waals surface area (Å²) in [5, 5.41) is 10.1. The second-order valence-electron chi connectivity index (χ2n) is 15.7. The average Bonchev–Trinajstić information content (AvgIpc) is 3.73. The normalized spacial score (nSPS) is 11.6. The summed E-state index contributed by atoms with van der Waals surface area (Å²) in [6, 6.07) is 78.6. The zero-order valence-electron chi connectivity index (χ0n) is 33.1. The third-order valence-electron chi connectivity index (χ3n) is 12.1. The lowest BCUT2D eigenvalue weighted by Gasteiger charge is -2.15. The molecule has 2 aromatic heterocycles. The first kappa shape index (κ1) is 35.2. The van der Waals surface area contributed by atoms with Gasteiger partial charge in [-0.1, -0.05) is 200 Å². The fraction of sp³-hybridized carbons (Fsp3) is 0. The number of benzene rings is 10. The molecule has 0 saturated heterocycles. The van der Waals surface area contributed by atoms with Gasteiger partial charge in [0.25, 0.3) is 0 Å². The maximum atomic E-state index is 5.36. The van der Waals surface area contributed by atoms with E-state index >= 15 is 0 Å². The van der Waals surface area contributed by atoms with E-state index in [9.17, 15) is 0 Å². The molecule has 0 atom stereocenters. The number of hydrogen-bond donors (Lipinski definition) is 0. The van der Waals surface area contributed by atoms with Crippen LogP contribution in [-0.2, 0) is 0 Å². The molecular weight excluding hydrogens is 757 g/mol. The molecule has 0 unspecified atom stereocenters. The minimum absolute atomic E-state index is 0.693. The van der Waals surface area contributed by atoms with Crippen molar-refractivity contribution in [1.29, 1.82) is 0 Å². The molecule has 0 aliphatic carbocycles. The molecule has 3 heteroatoms. The van der Waals surface area contributed by atoms with Crippen LogP contribution in [0.5, 0.6) is 0 Å². The Kier molecular flexibility index (Phi) is 8.39. The molecule has 0 amide bonds. The minimum atomic E-state index is 0.693. The van der Waals surface area contributed by atoms with Crippen LogP contribution in [0.3, 0.4) is 0 Å². The topological polar surface area (TPSA) is 25.8 Å². The van der Waals surface area contributed by atoms with Crippen molar-refractivity contribution in [2.75, 3.05) is 0 Å². The highest BCUT2D eigenvalue weighted by molar-refractivity contribution is 7.26. The molecule has 12 aromatic rings. The lowest BCUT2D eigenvalue weighted by molar-refractivity contribution is 1.18. The first-order valence-corrected chi connectivity index (χ1v) is 21.5. The predicted molar refractivity (Wildman–Crippen MR) is 260 cm³/mol. The van der Waals surface area contributed by atoms with Gasteiger partial charge in [0, 0.05) is 42.4 Å². The number of nitrogens with zero attached hydrogens (tertiary/aromatic N) is 2. The smallest absolute Gasteiger partial charge is 0.160 e. The Labute approximate surface area is 357 Å². The Bertz CT molecular complexity index is 3620. The van der Waals surface area contributed by atoms with Crippen molar-refractivity contribution in [1.82, 2.24) is 9.97 Å². The number of hydrogen-bond acceptors (Lipinski definition) is 3. The van der Waals surface area contributed by atoms with Gasteiger partial charge >= 0.3 is 0 Å². The van der Waals surface area contributed by atoms with Gasteiger partial charge in [0.1, 0.15) is 0 Å². The second-order valence-corrected chi connectivity index (χ2v) is 16.7. The van der Waals surface area contributed by atoms with Crippen molar-refractivity contribution in [3.63, 3.8) is 0 Å². The predicted octanol–water partition coefficient (Wildman–Crippen LogP) is 16.3. The summed E-state index contributed by atoms with van der Waals surface area (Å²) in [6.45, 7) is 0. The van der Waals surface area contributed by atoms with E-state index in [1.807, 2.05) is 11.3 Å². The number of thiophene rings is 1. The van der Waals surface area contributed by atoms with Crippen LogP contribution in [0.4, 0.5) is 0 Å². The van der Waals surface area contributed by atoms with E-state index in [1.54, 1.807) is 0 Å². The summed E-state index contributed by atoms with van der Waals surface area (Å²) < 4.78 is 2.58. The van der Waals surface area contributed by atoms with E-state index in [0.717, 1.165) is 39.2 Å². The molecule has 0 radical (unpaired) electrons. The molecular formula is C58H36N2S. The van der Waals surface area contributed by atoms with E-state index in [-0.39, 0.29) is 0 Å². The standard InChI is InChI=1S/C58H36N2S/c1-2-13-37(14-3-1)38-25-31-42(32-26-38)58-59-53(36-54(60-58)47-20-9-8-19-46(47)50-22-12-23-51-48-21-10-11-24-55(48)61-57(50)51)40-27-29-41(30-28-40)56-45-18-7-5-16-43(45)35-52-44-17-6-4-15-39(44)33-34-49(52)56/h1-36H. The number of rotatable bonds is 6. The highest BCUT2D eigenvalue weighted by atomic mass is 32.1. The molecule has 0 aliphatic rings. The van der Waals surface area contributed by atoms with E-state index in [0.29, 0.717) is 5.82 Å². The SMILES string of the molecule is c1ccc(-c2ccc(-c3nc(-c4ccc(-c5c6ccccc6cc6c5ccc5ccccc56)cc4)cc(-c4ccccc4-c4cccc5c4sc4ccccc45)n3)cc2)cc1. The van der Waals surface area contributed by atoms with Gasteiger partial charge in [0.15, 0.2) is 5.82 Å². The lowest BCUT2D eigenvalue weighted by atomic mass is 9.89. The first-order valence-electron chi connectivity index (χ1n) is 20.7. The molecule has 10 aromatic carbocycles. The quantitative estimate of drug-likeness (QED) is 0.124. The van der Waals surface area contributed by atoms with Crippen LogP contribution in [0.25, 0.3) is 120 Å². The molecule has 61 heavy (non-hydrogen) atoms. The molecule has 2 heterocycles. The number of aromatic nitrogens is 2. The van der Waals surface area contributed by atoms with Gasteiger partial charge in [-0.05, 0) is 78.3 Å². The summed E-state index contributed by atoms with van der Waals surface area (Å²) in [6.07, 6.45) is 0. The van der Waals surface area contributed by atoms with Crippen LogP contribution in [0.15, 0.2) is 218 Å². The summed E-state index contributed by atoms with van der Waals surface area (Å²) in [5.74, 6) is 0.693. The van der Waals surface area contributed by atoms with Crippen LogP contribution in [0.2, 0.25) is 0 Å². The van der Waals surface area contributed by atoms with Gasteiger partial charge in [-0.15, -0.1) is 11.3 Å². The van der Waals surface area contributed by atoms with Crippen LogP contribution in [0, 0.1) is 0 Å². The van der Waals surface area contributed by atoms with Gasteiger partial charge in [-0.2, -0.15) is 0 Å². The fourth-order valence-corrected chi connectivity index (χ4v) is 10.4. The number of fused-ring (bicyclic) bond motifs is 7. The summed E-state index contributed by atoms with van der Waals surface area (Å²) in [7, 11) is 0. The van der Waals surface area contributed by atoms with Crippen LogP contribution < -0.4 is 0 Å². The average molecular weight is 793 g/mol. The summed E-state index contributed by atoms with van der Waals surface area (Å²) in [5.41, 5.74) is 12.0. The van der Waals surface area contributed by atoms with Crippen molar-refractivity contribution in [3.8, 4) is 67.3 Å². The fourth-order valence-electron chi connectivity index (χ4n) is 9.14. The zero-order chi connectivity index (χ0) is 40.3. The van der Waals surface area contributed by atoms with E-state index in [4.69, 9.17) is 9.97 Å². The van der Waals surface area contributed by atoms with Crippen LogP contribution in [-0.4, -0.2) is 9.97 Å². The van der Waals surface area contributed by atoms with Gasteiger partial charge in [-0.3, -0.25) is 0 Å². The van der Waals surface area contributed by atoms with Gasteiger partial charge in [0.2, 0.25) is 0 Å². The van der Waals surface area contributed by atoms with E-state index in [1.165, 1.54) is 74.7 Å². The Hall–Kier alpha value is -7.72. The molecule has 0 saturated carbocycles. The molecule has 0 aliphatic heterocycles. The largest absolute Gasteiger partial charge is 0.228 e. The Morgan fingerprint density at radius 1 is 0.295 bits per heavy atom. The van der Waals surface area contributed by atoms with Gasteiger partial charge < -0.3 is 0 Å². The van der Waals surface area contributed by atoms with Crippen molar-refractivity contribution in [2.24, 2.45) is 0 Å². The molecule has 284 valence electrons.